The SMILES string of the molecule is Cc1nnc(SCC(=O)Nc2ccc(N)cc2)s1. The summed E-state index contributed by atoms with van der Waals surface area (Å²) < 4.78 is 0.806. The van der Waals surface area contributed by atoms with E-state index in [0.29, 0.717) is 11.4 Å². The molecule has 5 nitrogen and oxygen atoms in total. The van der Waals surface area contributed by atoms with Gasteiger partial charge < -0.3 is 11.1 Å². The third-order valence-electron chi connectivity index (χ3n) is 2.03. The Morgan fingerprint density at radius 1 is 1.39 bits per heavy atom. The third-order valence-corrected chi connectivity index (χ3v) is 4.00. The lowest BCUT2D eigenvalue weighted by Gasteiger charge is -2.04. The largest absolute Gasteiger partial charge is 0.399 e. The van der Waals surface area contributed by atoms with Crippen molar-refractivity contribution in [1.82, 2.24) is 10.2 Å². The molecule has 0 aliphatic rings. The zero-order chi connectivity index (χ0) is 13.0. The fraction of sp³-hybridized carbons (Fsp3) is 0.182. The molecule has 0 aliphatic carbocycles. The van der Waals surface area contributed by atoms with Gasteiger partial charge >= 0.3 is 0 Å². The normalized spacial score (nSPS) is 10.3. The van der Waals surface area contributed by atoms with E-state index in [4.69, 9.17) is 5.73 Å². The van der Waals surface area contributed by atoms with Crippen LogP contribution < -0.4 is 11.1 Å². The van der Waals surface area contributed by atoms with E-state index in [2.05, 4.69) is 15.5 Å². The minimum absolute atomic E-state index is 0.0716. The number of carbonyl (C=O) groups is 1. The monoisotopic (exact) mass is 280 g/mol. The summed E-state index contributed by atoms with van der Waals surface area (Å²) in [4.78, 5) is 11.7. The fourth-order valence-electron chi connectivity index (χ4n) is 1.23. The van der Waals surface area contributed by atoms with E-state index >= 15 is 0 Å². The molecular formula is C11H12N4OS2. The number of nitrogens with one attached hydrogen (secondary N) is 1. The second-order valence-electron chi connectivity index (χ2n) is 3.55. The lowest BCUT2D eigenvalue weighted by molar-refractivity contribution is -0.113. The van der Waals surface area contributed by atoms with E-state index < -0.39 is 0 Å². The van der Waals surface area contributed by atoms with Crippen molar-refractivity contribution in [3.05, 3.63) is 29.3 Å². The van der Waals surface area contributed by atoms with E-state index in [0.717, 1.165) is 15.0 Å². The molecule has 1 amide bonds. The fourth-order valence-corrected chi connectivity index (χ4v) is 2.84. The van der Waals surface area contributed by atoms with Gasteiger partial charge in [-0.1, -0.05) is 23.1 Å². The van der Waals surface area contributed by atoms with Gasteiger partial charge in [-0.2, -0.15) is 0 Å². The first kappa shape index (κ1) is 12.8. The van der Waals surface area contributed by atoms with Crippen LogP contribution in [0.25, 0.3) is 0 Å². The molecule has 0 radical (unpaired) electrons. The zero-order valence-electron chi connectivity index (χ0n) is 9.71. The number of nitrogens with two attached hydrogens (primary N) is 1. The van der Waals surface area contributed by atoms with E-state index in [1.54, 1.807) is 24.3 Å². The maximum atomic E-state index is 11.7. The van der Waals surface area contributed by atoms with Gasteiger partial charge in [-0.05, 0) is 31.2 Å². The zero-order valence-corrected chi connectivity index (χ0v) is 11.3. The number of aromatic nitrogens is 2. The number of benzene rings is 1. The van der Waals surface area contributed by atoms with E-state index in [1.165, 1.54) is 23.1 Å². The maximum Gasteiger partial charge on any atom is 0.234 e. The lowest BCUT2D eigenvalue weighted by atomic mass is 10.3. The van der Waals surface area contributed by atoms with Crippen LogP contribution in [0.2, 0.25) is 0 Å². The molecule has 0 bridgehead atoms. The van der Waals surface area contributed by atoms with Crippen LogP contribution in [0.5, 0.6) is 0 Å². The molecule has 3 N–H and O–H groups in total. The molecule has 94 valence electrons. The summed E-state index contributed by atoms with van der Waals surface area (Å²) in [6.07, 6.45) is 0. The Kier molecular flexibility index (Phi) is 4.16. The highest BCUT2D eigenvalue weighted by Gasteiger charge is 2.06. The maximum absolute atomic E-state index is 11.7. The second kappa shape index (κ2) is 5.83. The number of hydrogen-bond acceptors (Lipinski definition) is 6. The van der Waals surface area contributed by atoms with Crippen molar-refractivity contribution in [1.29, 1.82) is 0 Å². The summed E-state index contributed by atoms with van der Waals surface area (Å²) >= 11 is 2.86. The van der Waals surface area contributed by atoms with Crippen molar-refractivity contribution in [2.75, 3.05) is 16.8 Å². The van der Waals surface area contributed by atoms with Crippen LogP contribution in [0.4, 0.5) is 11.4 Å². The third kappa shape index (κ3) is 3.71. The van der Waals surface area contributed by atoms with Gasteiger partial charge in [0.05, 0.1) is 5.75 Å². The molecule has 1 aromatic heterocycles. The second-order valence-corrected chi connectivity index (χ2v) is 5.95. The topological polar surface area (TPSA) is 80.9 Å². The summed E-state index contributed by atoms with van der Waals surface area (Å²) in [6.45, 7) is 1.89. The highest BCUT2D eigenvalue weighted by molar-refractivity contribution is 8.01. The molecule has 0 saturated heterocycles. The predicted octanol–water partition coefficient (Wildman–Crippen LogP) is 2.16. The Hall–Kier alpha value is -1.60. The number of anilines is 2. The Labute approximate surface area is 113 Å². The first-order valence-corrected chi connectivity index (χ1v) is 7.02. The Balaban J connectivity index is 1.83. The van der Waals surface area contributed by atoms with E-state index in [1.807, 2.05) is 6.92 Å². The predicted molar refractivity (Wildman–Crippen MR) is 74.9 cm³/mol. The minimum Gasteiger partial charge on any atom is -0.399 e. The molecule has 2 rings (SSSR count). The summed E-state index contributed by atoms with van der Waals surface area (Å²) in [6, 6.07) is 7.04. The molecule has 0 saturated carbocycles. The molecular weight excluding hydrogens is 268 g/mol. The van der Waals surface area contributed by atoms with Crippen LogP contribution >= 0.6 is 23.1 Å². The van der Waals surface area contributed by atoms with Crippen LogP contribution in [-0.2, 0) is 4.79 Å². The number of aryl methyl sites for hydroxylation is 1. The van der Waals surface area contributed by atoms with Crippen LogP contribution in [0, 0.1) is 6.92 Å². The molecule has 2 aromatic rings. The molecule has 0 unspecified atom stereocenters. The standard InChI is InChI=1S/C11H12N4OS2/c1-7-14-15-11(18-7)17-6-10(16)13-9-4-2-8(12)3-5-9/h2-5H,6,12H2,1H3,(H,13,16). The van der Waals surface area contributed by atoms with Crippen LogP contribution in [0.15, 0.2) is 28.6 Å². The van der Waals surface area contributed by atoms with Crippen molar-refractivity contribution in [3.63, 3.8) is 0 Å². The number of thioether (sulfide) groups is 1. The first-order valence-electron chi connectivity index (χ1n) is 5.22. The first-order chi connectivity index (χ1) is 8.63. The number of rotatable bonds is 4. The Morgan fingerprint density at radius 3 is 2.72 bits per heavy atom. The molecule has 1 heterocycles. The van der Waals surface area contributed by atoms with Crippen LogP contribution in [0.1, 0.15) is 5.01 Å². The molecule has 0 spiro atoms. The van der Waals surface area contributed by atoms with Crippen molar-refractivity contribution in [2.24, 2.45) is 0 Å². The summed E-state index contributed by atoms with van der Waals surface area (Å²) in [7, 11) is 0. The van der Waals surface area contributed by atoms with Crippen molar-refractivity contribution in [3.8, 4) is 0 Å². The van der Waals surface area contributed by atoms with Crippen molar-refractivity contribution in [2.45, 2.75) is 11.3 Å². The molecule has 7 heteroatoms. The number of amides is 1. The minimum atomic E-state index is -0.0716. The van der Waals surface area contributed by atoms with Crippen LogP contribution in [0.3, 0.4) is 0 Å². The van der Waals surface area contributed by atoms with E-state index in [9.17, 15) is 4.79 Å². The van der Waals surface area contributed by atoms with Gasteiger partial charge in [0, 0.05) is 11.4 Å². The van der Waals surface area contributed by atoms with Gasteiger partial charge in [0.15, 0.2) is 4.34 Å². The summed E-state index contributed by atoms with van der Waals surface area (Å²) in [5.41, 5.74) is 6.98. The Morgan fingerprint density at radius 2 is 2.11 bits per heavy atom. The van der Waals surface area contributed by atoms with Crippen molar-refractivity contribution < 1.29 is 4.79 Å². The molecule has 18 heavy (non-hydrogen) atoms. The highest BCUT2D eigenvalue weighted by Crippen LogP contribution is 2.21. The lowest BCUT2D eigenvalue weighted by Crippen LogP contribution is -2.13. The smallest absolute Gasteiger partial charge is 0.234 e. The van der Waals surface area contributed by atoms with Gasteiger partial charge in [0.1, 0.15) is 5.01 Å². The number of nitrogen functional groups attached to an aromatic ring is 1. The summed E-state index contributed by atoms with van der Waals surface area (Å²) in [5, 5.41) is 11.5. The number of carbonyl (C=O) groups excluding carboxylic acids is 1. The number of nitrogens with zero attached hydrogens (tertiary/aromatic N) is 2. The molecule has 0 atom stereocenters. The van der Waals surface area contributed by atoms with Crippen molar-refractivity contribution >= 4 is 40.4 Å². The van der Waals surface area contributed by atoms with Gasteiger partial charge in [0.25, 0.3) is 0 Å². The van der Waals surface area contributed by atoms with Gasteiger partial charge in [0.2, 0.25) is 5.91 Å². The summed E-state index contributed by atoms with van der Waals surface area (Å²) in [5.74, 6) is 0.247. The van der Waals surface area contributed by atoms with Gasteiger partial charge in [-0.3, -0.25) is 4.79 Å². The average molecular weight is 280 g/mol. The highest BCUT2D eigenvalue weighted by atomic mass is 32.2. The van der Waals surface area contributed by atoms with Gasteiger partial charge in [-0.25, -0.2) is 0 Å². The molecule has 1 aromatic carbocycles. The van der Waals surface area contributed by atoms with Gasteiger partial charge in [-0.15, -0.1) is 10.2 Å². The Bertz CT molecular complexity index is 538. The average Bonchev–Trinajstić information content (AvgIpc) is 2.76. The van der Waals surface area contributed by atoms with Crippen LogP contribution in [-0.4, -0.2) is 21.9 Å². The molecule has 0 aliphatic heterocycles. The number of hydrogen-bond donors (Lipinski definition) is 2. The quantitative estimate of drug-likeness (QED) is 0.662. The van der Waals surface area contributed by atoms with E-state index in [-0.39, 0.29) is 5.91 Å². The molecule has 0 fully saturated rings.